The Balaban J connectivity index is 1.25. The summed E-state index contributed by atoms with van der Waals surface area (Å²) in [6.45, 7) is 10.5. The van der Waals surface area contributed by atoms with Crippen molar-refractivity contribution in [3.63, 3.8) is 0 Å². The van der Waals surface area contributed by atoms with Crippen molar-refractivity contribution < 1.29 is 14.8 Å². The Morgan fingerprint density at radius 2 is 1.79 bits per heavy atom. The van der Waals surface area contributed by atoms with Crippen molar-refractivity contribution >= 4 is 34.4 Å². The van der Waals surface area contributed by atoms with E-state index in [-0.39, 0.29) is 17.1 Å². The largest absolute Gasteiger partial charge is 0.465 e. The number of carboxylic acid groups (broad SMARTS) is 1. The molecule has 206 valence electrons. The van der Waals surface area contributed by atoms with Crippen LogP contribution in [0.25, 0.3) is 10.9 Å². The third-order valence-corrected chi connectivity index (χ3v) is 7.76. The average Bonchev–Trinajstić information content (AvgIpc) is 2.87. The third kappa shape index (κ3) is 5.73. The van der Waals surface area contributed by atoms with Crippen molar-refractivity contribution in [3.8, 4) is 0 Å². The van der Waals surface area contributed by atoms with Gasteiger partial charge in [0, 0.05) is 62.8 Å². The highest BCUT2D eigenvalue weighted by Crippen LogP contribution is 2.32. The number of nitrogens with zero attached hydrogens (tertiary/aromatic N) is 6. The van der Waals surface area contributed by atoms with E-state index >= 15 is 0 Å². The SMILES string of the molecule is CC(C)(C)C1CN(C2CN(c3nc(NCCc4ccc([N+](=O)[O-])cc4)c4ccccc4n3)C2)CCN1C(=O)O. The average molecular weight is 534 g/mol. The lowest BCUT2D eigenvalue weighted by atomic mass is 9.83. The molecule has 11 nitrogen and oxygen atoms in total. The second-order valence-electron chi connectivity index (χ2n) is 11.4. The van der Waals surface area contributed by atoms with Gasteiger partial charge in [0.15, 0.2) is 0 Å². The monoisotopic (exact) mass is 533 g/mol. The Hall–Kier alpha value is -3.99. The van der Waals surface area contributed by atoms with Crippen LogP contribution in [0.2, 0.25) is 0 Å². The molecule has 1 unspecified atom stereocenters. The van der Waals surface area contributed by atoms with Crippen LogP contribution in [0.4, 0.5) is 22.2 Å². The van der Waals surface area contributed by atoms with E-state index in [2.05, 4.69) is 35.9 Å². The number of carbonyl (C=O) groups is 1. The van der Waals surface area contributed by atoms with Crippen molar-refractivity contribution in [1.82, 2.24) is 19.8 Å². The summed E-state index contributed by atoms with van der Waals surface area (Å²) in [6, 6.07) is 14.8. The maximum Gasteiger partial charge on any atom is 0.407 e. The lowest BCUT2D eigenvalue weighted by Crippen LogP contribution is -2.67. The summed E-state index contributed by atoms with van der Waals surface area (Å²) in [5.74, 6) is 1.45. The molecule has 2 saturated heterocycles. The fourth-order valence-corrected chi connectivity index (χ4v) is 5.41. The minimum Gasteiger partial charge on any atom is -0.465 e. The van der Waals surface area contributed by atoms with Gasteiger partial charge in [-0.3, -0.25) is 15.0 Å². The second kappa shape index (κ2) is 10.6. The number of amides is 1. The summed E-state index contributed by atoms with van der Waals surface area (Å²) >= 11 is 0. The topological polar surface area (TPSA) is 128 Å². The molecule has 0 aliphatic carbocycles. The van der Waals surface area contributed by atoms with Crippen LogP contribution < -0.4 is 10.2 Å². The molecular formula is C28H35N7O4. The van der Waals surface area contributed by atoms with Gasteiger partial charge in [0.25, 0.3) is 5.69 Å². The van der Waals surface area contributed by atoms with Crippen LogP contribution in [0, 0.1) is 15.5 Å². The van der Waals surface area contributed by atoms with Crippen molar-refractivity contribution in [2.75, 3.05) is 49.5 Å². The smallest absolute Gasteiger partial charge is 0.407 e. The van der Waals surface area contributed by atoms with E-state index in [1.54, 1.807) is 17.0 Å². The highest BCUT2D eigenvalue weighted by atomic mass is 16.6. The number of rotatable bonds is 7. The molecular weight excluding hydrogens is 498 g/mol. The lowest BCUT2D eigenvalue weighted by molar-refractivity contribution is -0.384. The number of para-hydroxylation sites is 1. The number of nitro groups is 1. The minimum atomic E-state index is -0.844. The first-order valence-corrected chi connectivity index (χ1v) is 13.3. The molecule has 11 heteroatoms. The number of nitro benzene ring substituents is 1. The number of non-ortho nitro benzene ring substituents is 1. The molecule has 2 N–H and O–H groups in total. The number of nitrogens with one attached hydrogen (secondary N) is 1. The highest BCUT2D eigenvalue weighted by Gasteiger charge is 2.42. The van der Waals surface area contributed by atoms with E-state index < -0.39 is 11.0 Å². The van der Waals surface area contributed by atoms with E-state index in [0.717, 1.165) is 48.5 Å². The van der Waals surface area contributed by atoms with E-state index in [1.807, 2.05) is 24.3 Å². The normalized spacial score (nSPS) is 18.7. The van der Waals surface area contributed by atoms with Crippen LogP contribution in [-0.4, -0.2) is 87.2 Å². The Labute approximate surface area is 227 Å². The third-order valence-electron chi connectivity index (χ3n) is 7.76. The van der Waals surface area contributed by atoms with E-state index in [9.17, 15) is 20.0 Å². The number of benzene rings is 2. The number of anilines is 2. The van der Waals surface area contributed by atoms with Gasteiger partial charge in [-0.15, -0.1) is 0 Å². The first-order valence-electron chi connectivity index (χ1n) is 13.3. The highest BCUT2D eigenvalue weighted by molar-refractivity contribution is 5.90. The van der Waals surface area contributed by atoms with Crippen molar-refractivity contribution in [3.05, 3.63) is 64.2 Å². The van der Waals surface area contributed by atoms with Gasteiger partial charge >= 0.3 is 6.09 Å². The number of fused-ring (bicyclic) bond motifs is 1. The number of hydrogen-bond acceptors (Lipinski definition) is 8. The predicted octanol–water partition coefficient (Wildman–Crippen LogP) is 4.09. The molecule has 39 heavy (non-hydrogen) atoms. The summed E-state index contributed by atoms with van der Waals surface area (Å²) in [6.07, 6.45) is -0.141. The maximum atomic E-state index is 11.8. The molecule has 0 radical (unpaired) electrons. The summed E-state index contributed by atoms with van der Waals surface area (Å²) in [5.41, 5.74) is 1.82. The van der Waals surface area contributed by atoms with Crippen LogP contribution in [0.15, 0.2) is 48.5 Å². The second-order valence-corrected chi connectivity index (χ2v) is 11.4. The van der Waals surface area contributed by atoms with Gasteiger partial charge in [-0.2, -0.15) is 4.98 Å². The van der Waals surface area contributed by atoms with Crippen molar-refractivity contribution in [2.45, 2.75) is 39.3 Å². The fraction of sp³-hybridized carbons (Fsp3) is 0.464. The maximum absolute atomic E-state index is 11.8. The standard InChI is InChI=1S/C28H35N7O4/c1-28(2,3)24-18-32(14-15-34(24)27(36)37)21-16-33(17-21)26-30-23-7-5-4-6-22(23)25(31-26)29-13-12-19-8-10-20(11-9-19)35(38)39/h4-11,21,24H,12-18H2,1-3H3,(H,36,37)(H,29,30,31). The van der Waals surface area contributed by atoms with Crippen molar-refractivity contribution in [1.29, 1.82) is 0 Å². The molecule has 0 saturated carbocycles. The van der Waals surface area contributed by atoms with Gasteiger partial charge in [0.05, 0.1) is 16.5 Å². The first-order chi connectivity index (χ1) is 18.6. The first kappa shape index (κ1) is 26.6. The van der Waals surface area contributed by atoms with Gasteiger partial charge in [-0.25, -0.2) is 9.78 Å². The molecule has 1 amide bonds. The van der Waals surface area contributed by atoms with Gasteiger partial charge in [0.2, 0.25) is 5.95 Å². The molecule has 2 aromatic carbocycles. The molecule has 2 aliphatic heterocycles. The molecule has 1 atom stereocenters. The Morgan fingerprint density at radius 3 is 2.46 bits per heavy atom. The Kier molecular flexibility index (Phi) is 7.26. The molecule has 3 heterocycles. The van der Waals surface area contributed by atoms with Crippen LogP contribution >= 0.6 is 0 Å². The molecule has 1 aromatic heterocycles. The molecule has 2 fully saturated rings. The zero-order chi connectivity index (χ0) is 27.7. The van der Waals surface area contributed by atoms with Gasteiger partial charge < -0.3 is 20.2 Å². The van der Waals surface area contributed by atoms with Gasteiger partial charge in [-0.1, -0.05) is 45.0 Å². The van der Waals surface area contributed by atoms with Crippen LogP contribution in [-0.2, 0) is 6.42 Å². The number of piperazine rings is 1. The molecule has 3 aromatic rings. The van der Waals surface area contributed by atoms with Crippen molar-refractivity contribution in [2.24, 2.45) is 5.41 Å². The van der Waals surface area contributed by atoms with Crippen LogP contribution in [0.1, 0.15) is 26.3 Å². The summed E-state index contributed by atoms with van der Waals surface area (Å²) in [4.78, 5) is 38.2. The van der Waals surface area contributed by atoms with E-state index in [4.69, 9.17) is 9.97 Å². The quantitative estimate of drug-likeness (QED) is 0.341. The summed E-state index contributed by atoms with van der Waals surface area (Å²) in [7, 11) is 0. The Bertz CT molecular complexity index is 1350. The summed E-state index contributed by atoms with van der Waals surface area (Å²) in [5, 5.41) is 25.0. The van der Waals surface area contributed by atoms with Gasteiger partial charge in [0.1, 0.15) is 5.82 Å². The molecule has 0 bridgehead atoms. The zero-order valence-electron chi connectivity index (χ0n) is 22.6. The van der Waals surface area contributed by atoms with E-state index in [0.29, 0.717) is 31.5 Å². The molecule has 5 rings (SSSR count). The summed E-state index contributed by atoms with van der Waals surface area (Å²) < 4.78 is 0. The number of aromatic nitrogens is 2. The minimum absolute atomic E-state index is 0.0544. The van der Waals surface area contributed by atoms with E-state index in [1.165, 1.54) is 12.1 Å². The van der Waals surface area contributed by atoms with Crippen LogP contribution in [0.5, 0.6) is 0 Å². The van der Waals surface area contributed by atoms with Crippen LogP contribution in [0.3, 0.4) is 0 Å². The molecule has 2 aliphatic rings. The fourth-order valence-electron chi connectivity index (χ4n) is 5.41. The zero-order valence-corrected chi connectivity index (χ0v) is 22.6. The predicted molar refractivity (Wildman–Crippen MR) is 150 cm³/mol. The molecule has 0 spiro atoms. The van der Waals surface area contributed by atoms with Gasteiger partial charge in [-0.05, 0) is 29.5 Å². The number of hydrogen-bond donors (Lipinski definition) is 2. The lowest BCUT2D eigenvalue weighted by Gasteiger charge is -2.52. The Morgan fingerprint density at radius 1 is 1.08 bits per heavy atom.